The molecule has 0 aliphatic heterocycles. The molecule has 2 aromatic rings. The van der Waals surface area contributed by atoms with Crippen molar-refractivity contribution in [1.29, 1.82) is 0 Å². The first-order valence-electron chi connectivity index (χ1n) is 6.41. The minimum absolute atomic E-state index is 0.167. The van der Waals surface area contributed by atoms with Crippen molar-refractivity contribution < 1.29 is 13.2 Å². The zero-order chi connectivity index (χ0) is 16.3. The second kappa shape index (κ2) is 6.85. The molecule has 4 nitrogen and oxygen atoms in total. The first-order valence-corrected chi connectivity index (χ1v) is 9.52. The molecule has 0 atom stereocenters. The van der Waals surface area contributed by atoms with Crippen molar-refractivity contribution in [2.24, 2.45) is 0 Å². The number of ether oxygens (including phenoxy) is 1. The number of nitrogens with zero attached hydrogens (tertiary/aromatic N) is 1. The summed E-state index contributed by atoms with van der Waals surface area (Å²) in [6.07, 6.45) is 0. The van der Waals surface area contributed by atoms with Gasteiger partial charge < -0.3 is 4.74 Å². The molecule has 0 saturated heterocycles. The molecule has 0 spiro atoms. The predicted molar refractivity (Wildman–Crippen MR) is 92.6 cm³/mol. The lowest BCUT2D eigenvalue weighted by atomic mass is 10.2. The van der Waals surface area contributed by atoms with Crippen LogP contribution in [0.1, 0.15) is 12.5 Å². The number of benzene rings is 1. The van der Waals surface area contributed by atoms with Crippen molar-refractivity contribution >= 4 is 37.3 Å². The van der Waals surface area contributed by atoms with E-state index in [0.29, 0.717) is 15.9 Å². The SMILES string of the molecule is C=C(C)N(Cc1ccccc1)S(=O)(=O)c1scc(Br)c1OC. The van der Waals surface area contributed by atoms with Gasteiger partial charge in [-0.25, -0.2) is 8.42 Å². The van der Waals surface area contributed by atoms with E-state index in [0.717, 1.165) is 16.9 Å². The van der Waals surface area contributed by atoms with Gasteiger partial charge in [0.25, 0.3) is 10.0 Å². The van der Waals surface area contributed by atoms with Crippen LogP contribution in [0.4, 0.5) is 0 Å². The monoisotopic (exact) mass is 401 g/mol. The van der Waals surface area contributed by atoms with Crippen LogP contribution in [0, 0.1) is 0 Å². The van der Waals surface area contributed by atoms with Crippen LogP contribution < -0.4 is 4.74 Å². The van der Waals surface area contributed by atoms with Gasteiger partial charge in [-0.1, -0.05) is 36.9 Å². The molecule has 0 amide bonds. The molecule has 2 rings (SSSR count). The van der Waals surface area contributed by atoms with E-state index in [4.69, 9.17) is 4.74 Å². The summed E-state index contributed by atoms with van der Waals surface area (Å²) in [6.45, 7) is 5.71. The highest BCUT2D eigenvalue weighted by Gasteiger charge is 2.30. The lowest BCUT2D eigenvalue weighted by molar-refractivity contribution is 0.400. The standard InChI is InChI=1S/C15H16BrNO3S2/c1-11(2)17(9-12-7-5-4-6-8-12)22(18,19)15-14(20-3)13(16)10-21-15/h4-8,10H,1,9H2,2-3H3. The highest BCUT2D eigenvalue weighted by Crippen LogP contribution is 2.40. The Bertz CT molecular complexity index is 769. The molecule has 0 bridgehead atoms. The van der Waals surface area contributed by atoms with Crippen LogP contribution in [-0.2, 0) is 16.6 Å². The zero-order valence-electron chi connectivity index (χ0n) is 12.2. The highest BCUT2D eigenvalue weighted by atomic mass is 79.9. The van der Waals surface area contributed by atoms with E-state index < -0.39 is 10.0 Å². The predicted octanol–water partition coefficient (Wildman–Crippen LogP) is 4.24. The Morgan fingerprint density at radius 3 is 2.55 bits per heavy atom. The van der Waals surface area contributed by atoms with Crippen molar-refractivity contribution in [2.75, 3.05) is 7.11 Å². The molecular formula is C15H16BrNO3S2. The fraction of sp³-hybridized carbons (Fsp3) is 0.200. The normalized spacial score (nSPS) is 11.2. The van der Waals surface area contributed by atoms with Gasteiger partial charge >= 0.3 is 0 Å². The molecule has 0 aliphatic rings. The maximum Gasteiger partial charge on any atom is 0.277 e. The van der Waals surface area contributed by atoms with Gasteiger partial charge in [-0.2, -0.15) is 0 Å². The number of sulfonamides is 1. The van der Waals surface area contributed by atoms with Crippen LogP contribution in [0.2, 0.25) is 0 Å². The Morgan fingerprint density at radius 1 is 1.36 bits per heavy atom. The topological polar surface area (TPSA) is 46.6 Å². The van der Waals surface area contributed by atoms with Crippen molar-refractivity contribution in [3.8, 4) is 5.75 Å². The lowest BCUT2D eigenvalue weighted by Gasteiger charge is -2.24. The highest BCUT2D eigenvalue weighted by molar-refractivity contribution is 9.10. The van der Waals surface area contributed by atoms with Crippen molar-refractivity contribution in [2.45, 2.75) is 17.7 Å². The quantitative estimate of drug-likeness (QED) is 0.726. The molecule has 0 N–H and O–H groups in total. The summed E-state index contributed by atoms with van der Waals surface area (Å²) in [6, 6.07) is 9.41. The summed E-state index contributed by atoms with van der Waals surface area (Å²) in [5, 5.41) is 1.70. The Hall–Kier alpha value is -1.31. The van der Waals surface area contributed by atoms with E-state index in [2.05, 4.69) is 22.5 Å². The van der Waals surface area contributed by atoms with Gasteiger partial charge in [-0.15, -0.1) is 11.3 Å². The molecule has 0 fully saturated rings. The van der Waals surface area contributed by atoms with Gasteiger partial charge in [0.1, 0.15) is 0 Å². The van der Waals surface area contributed by atoms with Gasteiger partial charge in [0, 0.05) is 11.1 Å². The van der Waals surface area contributed by atoms with Crippen LogP contribution in [0.15, 0.2) is 56.7 Å². The summed E-state index contributed by atoms with van der Waals surface area (Å²) in [5.41, 5.74) is 1.35. The molecule has 1 aromatic carbocycles. The minimum Gasteiger partial charge on any atom is -0.493 e. The van der Waals surface area contributed by atoms with Crippen molar-refractivity contribution in [3.63, 3.8) is 0 Å². The van der Waals surface area contributed by atoms with Crippen LogP contribution in [0.5, 0.6) is 5.75 Å². The van der Waals surface area contributed by atoms with E-state index in [1.54, 1.807) is 12.3 Å². The molecule has 7 heteroatoms. The average molecular weight is 402 g/mol. The molecule has 1 aromatic heterocycles. The number of hydrogen-bond donors (Lipinski definition) is 0. The Labute approximate surface area is 143 Å². The second-order valence-corrected chi connectivity index (χ2v) is 8.43. The molecule has 0 aliphatic carbocycles. The van der Waals surface area contributed by atoms with E-state index in [1.807, 2.05) is 30.3 Å². The number of rotatable bonds is 6. The summed E-state index contributed by atoms with van der Waals surface area (Å²) in [4.78, 5) is 0. The number of thiophene rings is 1. The largest absolute Gasteiger partial charge is 0.493 e. The maximum absolute atomic E-state index is 12.9. The third-order valence-corrected chi connectivity index (χ3v) is 7.24. The van der Waals surface area contributed by atoms with Gasteiger partial charge in [0.15, 0.2) is 9.96 Å². The second-order valence-electron chi connectivity index (χ2n) is 4.64. The smallest absolute Gasteiger partial charge is 0.277 e. The van der Waals surface area contributed by atoms with E-state index in [1.165, 1.54) is 11.4 Å². The van der Waals surface area contributed by atoms with Gasteiger partial charge in [0.2, 0.25) is 0 Å². The number of hydrogen-bond acceptors (Lipinski definition) is 4. The first-order chi connectivity index (χ1) is 10.4. The number of halogens is 1. The van der Waals surface area contributed by atoms with Crippen LogP contribution in [-0.4, -0.2) is 19.8 Å². The number of allylic oxidation sites excluding steroid dienone is 1. The Morgan fingerprint density at radius 2 is 2.00 bits per heavy atom. The minimum atomic E-state index is -3.72. The van der Waals surface area contributed by atoms with Crippen molar-refractivity contribution in [3.05, 3.63) is 58.0 Å². The Balaban J connectivity index is 2.45. The van der Waals surface area contributed by atoms with Crippen LogP contribution in [0.3, 0.4) is 0 Å². The molecule has 0 unspecified atom stereocenters. The van der Waals surface area contributed by atoms with E-state index in [9.17, 15) is 8.42 Å². The van der Waals surface area contributed by atoms with Gasteiger partial charge in [-0.05, 0) is 28.4 Å². The fourth-order valence-electron chi connectivity index (χ4n) is 1.94. The van der Waals surface area contributed by atoms with Crippen LogP contribution >= 0.6 is 27.3 Å². The third kappa shape index (κ3) is 3.37. The van der Waals surface area contributed by atoms with Gasteiger partial charge in [-0.3, -0.25) is 4.31 Å². The average Bonchev–Trinajstić information content (AvgIpc) is 2.87. The van der Waals surface area contributed by atoms with Crippen LogP contribution in [0.25, 0.3) is 0 Å². The first kappa shape index (κ1) is 17.1. The van der Waals surface area contributed by atoms with E-state index in [-0.39, 0.29) is 10.8 Å². The maximum atomic E-state index is 12.9. The molecule has 118 valence electrons. The Kier molecular flexibility index (Phi) is 5.31. The summed E-state index contributed by atoms with van der Waals surface area (Å²) in [5.74, 6) is 0.323. The zero-order valence-corrected chi connectivity index (χ0v) is 15.5. The molecule has 0 radical (unpaired) electrons. The number of methoxy groups -OCH3 is 1. The summed E-state index contributed by atoms with van der Waals surface area (Å²) < 4.78 is 33.2. The summed E-state index contributed by atoms with van der Waals surface area (Å²) in [7, 11) is -2.27. The van der Waals surface area contributed by atoms with Gasteiger partial charge in [0.05, 0.1) is 18.1 Å². The third-order valence-electron chi connectivity index (χ3n) is 3.00. The molecular weight excluding hydrogens is 386 g/mol. The molecule has 22 heavy (non-hydrogen) atoms. The molecule has 1 heterocycles. The molecule has 0 saturated carbocycles. The van der Waals surface area contributed by atoms with E-state index >= 15 is 0 Å². The lowest BCUT2D eigenvalue weighted by Crippen LogP contribution is -2.28. The summed E-state index contributed by atoms with van der Waals surface area (Å²) >= 11 is 4.42. The van der Waals surface area contributed by atoms with Crippen molar-refractivity contribution in [1.82, 2.24) is 4.31 Å². The fourth-order valence-corrected chi connectivity index (χ4v) is 5.72.